The fourth-order valence-corrected chi connectivity index (χ4v) is 1.44. The highest BCUT2D eigenvalue weighted by molar-refractivity contribution is 5.35. The molecule has 1 aromatic carbocycles. The van der Waals surface area contributed by atoms with Crippen LogP contribution in [0.5, 0.6) is 11.6 Å². The van der Waals surface area contributed by atoms with E-state index in [2.05, 4.69) is 9.97 Å². The van der Waals surface area contributed by atoms with E-state index in [9.17, 15) is 9.18 Å². The average molecular weight is 234 g/mol. The Hall–Kier alpha value is -2.17. The highest BCUT2D eigenvalue weighted by atomic mass is 19.1. The van der Waals surface area contributed by atoms with Gasteiger partial charge in [-0.25, -0.2) is 9.37 Å². The van der Waals surface area contributed by atoms with Gasteiger partial charge in [0, 0.05) is 0 Å². The molecule has 0 bridgehead atoms. The Morgan fingerprint density at radius 1 is 1.29 bits per heavy atom. The van der Waals surface area contributed by atoms with Gasteiger partial charge < -0.3 is 9.72 Å². The molecule has 1 heterocycles. The Morgan fingerprint density at radius 3 is 2.71 bits per heavy atom. The molecule has 0 amide bonds. The van der Waals surface area contributed by atoms with E-state index in [-0.39, 0.29) is 17.3 Å². The monoisotopic (exact) mass is 234 g/mol. The summed E-state index contributed by atoms with van der Waals surface area (Å²) in [5, 5.41) is 0. The van der Waals surface area contributed by atoms with Crippen LogP contribution < -0.4 is 10.3 Å². The summed E-state index contributed by atoms with van der Waals surface area (Å²) in [6.45, 7) is 3.38. The Labute approximate surface area is 97.1 Å². The van der Waals surface area contributed by atoms with Crippen LogP contribution in [0, 0.1) is 19.7 Å². The molecule has 0 aliphatic rings. The van der Waals surface area contributed by atoms with Crippen LogP contribution in [0.25, 0.3) is 0 Å². The highest BCUT2D eigenvalue weighted by Crippen LogP contribution is 2.23. The van der Waals surface area contributed by atoms with Gasteiger partial charge in [-0.3, -0.25) is 4.79 Å². The van der Waals surface area contributed by atoms with Crippen LogP contribution in [-0.2, 0) is 0 Å². The summed E-state index contributed by atoms with van der Waals surface area (Å²) >= 11 is 0. The van der Waals surface area contributed by atoms with Crippen molar-refractivity contribution < 1.29 is 9.13 Å². The fraction of sp³-hybridized carbons (Fsp3) is 0.167. The molecule has 4 nitrogen and oxygen atoms in total. The maximum atomic E-state index is 12.9. The van der Waals surface area contributed by atoms with Crippen LogP contribution in [0.3, 0.4) is 0 Å². The zero-order chi connectivity index (χ0) is 12.4. The van der Waals surface area contributed by atoms with Crippen LogP contribution in [-0.4, -0.2) is 9.97 Å². The molecular weight excluding hydrogens is 223 g/mol. The summed E-state index contributed by atoms with van der Waals surface area (Å²) < 4.78 is 18.3. The molecule has 1 aromatic heterocycles. The van der Waals surface area contributed by atoms with Crippen molar-refractivity contribution >= 4 is 0 Å². The Bertz CT molecular complexity index is 608. The number of halogens is 1. The molecule has 0 spiro atoms. The minimum atomic E-state index is -0.329. The molecule has 0 radical (unpaired) electrons. The van der Waals surface area contributed by atoms with E-state index in [1.165, 1.54) is 24.3 Å². The lowest BCUT2D eigenvalue weighted by Crippen LogP contribution is -2.08. The van der Waals surface area contributed by atoms with Crippen LogP contribution in [0.1, 0.15) is 11.4 Å². The maximum Gasteiger partial charge on any atom is 0.254 e. The Balaban J connectivity index is 2.34. The topological polar surface area (TPSA) is 55.0 Å². The van der Waals surface area contributed by atoms with Gasteiger partial charge >= 0.3 is 0 Å². The van der Waals surface area contributed by atoms with Crippen molar-refractivity contribution in [3.05, 3.63) is 51.8 Å². The van der Waals surface area contributed by atoms with Crippen LogP contribution in [0.2, 0.25) is 0 Å². The van der Waals surface area contributed by atoms with E-state index in [0.29, 0.717) is 17.1 Å². The van der Waals surface area contributed by atoms with Crippen molar-refractivity contribution in [2.75, 3.05) is 0 Å². The summed E-state index contributed by atoms with van der Waals surface area (Å²) in [4.78, 5) is 17.7. The smallest absolute Gasteiger partial charge is 0.254 e. The summed E-state index contributed by atoms with van der Waals surface area (Å²) in [6.07, 6.45) is 0. The van der Waals surface area contributed by atoms with Gasteiger partial charge in [0.1, 0.15) is 17.4 Å². The minimum Gasteiger partial charge on any atom is -0.438 e. The fourth-order valence-electron chi connectivity index (χ4n) is 1.44. The minimum absolute atomic E-state index is 0.195. The lowest BCUT2D eigenvalue weighted by atomic mass is 10.2. The van der Waals surface area contributed by atoms with Crippen molar-refractivity contribution in [3.8, 4) is 11.6 Å². The highest BCUT2D eigenvalue weighted by Gasteiger charge is 2.05. The summed E-state index contributed by atoms with van der Waals surface area (Å²) in [5.74, 6) is 0.807. The number of aromatic amines is 1. The second kappa shape index (κ2) is 4.37. The van der Waals surface area contributed by atoms with Crippen LogP contribution in [0.4, 0.5) is 4.39 Å². The predicted molar refractivity (Wildman–Crippen MR) is 60.8 cm³/mol. The van der Waals surface area contributed by atoms with Gasteiger partial charge in [-0.15, -0.1) is 0 Å². The summed E-state index contributed by atoms with van der Waals surface area (Å²) in [7, 11) is 0. The van der Waals surface area contributed by atoms with Crippen molar-refractivity contribution in [1.82, 2.24) is 9.97 Å². The number of aromatic nitrogens is 2. The van der Waals surface area contributed by atoms with Crippen LogP contribution in [0.15, 0.2) is 29.1 Å². The summed E-state index contributed by atoms with van der Waals surface area (Å²) in [6, 6.07) is 5.40. The third-order valence-corrected chi connectivity index (χ3v) is 2.19. The van der Waals surface area contributed by atoms with Gasteiger partial charge in [0.2, 0.25) is 5.88 Å². The molecule has 1 N–H and O–H groups in total. The molecule has 88 valence electrons. The zero-order valence-electron chi connectivity index (χ0n) is 9.45. The third kappa shape index (κ3) is 2.69. The number of hydrogen-bond acceptors (Lipinski definition) is 3. The first-order chi connectivity index (χ1) is 8.04. The quantitative estimate of drug-likeness (QED) is 0.867. The first kappa shape index (κ1) is 11.3. The third-order valence-electron chi connectivity index (χ3n) is 2.19. The SMILES string of the molecule is Cc1nc(Oc2ccc(F)cc2C)cc(=O)[nH]1. The number of H-pyrrole nitrogens is 1. The molecule has 5 heteroatoms. The van der Waals surface area contributed by atoms with Crippen molar-refractivity contribution in [3.63, 3.8) is 0 Å². The first-order valence-electron chi connectivity index (χ1n) is 5.06. The molecule has 17 heavy (non-hydrogen) atoms. The lowest BCUT2D eigenvalue weighted by Gasteiger charge is -2.07. The normalized spacial score (nSPS) is 10.3. The largest absolute Gasteiger partial charge is 0.438 e. The first-order valence-corrected chi connectivity index (χ1v) is 5.06. The maximum absolute atomic E-state index is 12.9. The number of ether oxygens (including phenoxy) is 1. The molecule has 0 aliphatic carbocycles. The standard InChI is InChI=1S/C12H11FN2O2/c1-7-5-9(13)3-4-10(7)17-12-6-11(16)14-8(2)15-12/h3-6H,1-2H3,(H,14,15,16). The zero-order valence-corrected chi connectivity index (χ0v) is 9.45. The molecule has 2 rings (SSSR count). The van der Waals surface area contributed by atoms with Gasteiger partial charge in [-0.1, -0.05) is 0 Å². The van der Waals surface area contributed by atoms with E-state index >= 15 is 0 Å². The van der Waals surface area contributed by atoms with E-state index < -0.39 is 0 Å². The lowest BCUT2D eigenvalue weighted by molar-refractivity contribution is 0.453. The van der Waals surface area contributed by atoms with Crippen molar-refractivity contribution in [2.24, 2.45) is 0 Å². The molecule has 0 fully saturated rings. The van der Waals surface area contributed by atoms with Gasteiger partial charge in [-0.05, 0) is 37.6 Å². The van der Waals surface area contributed by atoms with Crippen molar-refractivity contribution in [2.45, 2.75) is 13.8 Å². The van der Waals surface area contributed by atoms with E-state index in [4.69, 9.17) is 4.74 Å². The van der Waals surface area contributed by atoms with Gasteiger partial charge in [0.15, 0.2) is 0 Å². The Kier molecular flexibility index (Phi) is 2.91. The molecule has 0 saturated heterocycles. The number of benzene rings is 1. The molecule has 0 unspecified atom stereocenters. The molecular formula is C12H11FN2O2. The number of nitrogens with zero attached hydrogens (tertiary/aromatic N) is 1. The second-order valence-corrected chi connectivity index (χ2v) is 3.68. The van der Waals surface area contributed by atoms with E-state index in [0.717, 1.165) is 0 Å². The molecule has 0 aliphatic heterocycles. The van der Waals surface area contributed by atoms with Gasteiger partial charge in [0.25, 0.3) is 5.56 Å². The number of aryl methyl sites for hydroxylation is 2. The number of hydrogen-bond donors (Lipinski definition) is 1. The molecule has 0 saturated carbocycles. The average Bonchev–Trinajstić information content (AvgIpc) is 2.21. The Morgan fingerprint density at radius 2 is 2.06 bits per heavy atom. The van der Waals surface area contributed by atoms with Crippen LogP contribution >= 0.6 is 0 Å². The van der Waals surface area contributed by atoms with Gasteiger partial charge in [0.05, 0.1) is 6.07 Å². The van der Waals surface area contributed by atoms with E-state index in [1.807, 2.05) is 0 Å². The number of rotatable bonds is 2. The number of nitrogens with one attached hydrogen (secondary N) is 1. The summed E-state index contributed by atoms with van der Waals surface area (Å²) in [5.41, 5.74) is 0.358. The molecule has 2 aromatic rings. The van der Waals surface area contributed by atoms with Crippen molar-refractivity contribution in [1.29, 1.82) is 0 Å². The predicted octanol–water partition coefficient (Wildman–Crippen LogP) is 2.32. The second-order valence-electron chi connectivity index (χ2n) is 3.68. The van der Waals surface area contributed by atoms with Gasteiger partial charge in [-0.2, -0.15) is 0 Å². The molecule has 0 atom stereocenters. The van der Waals surface area contributed by atoms with E-state index in [1.54, 1.807) is 13.8 Å².